The Morgan fingerprint density at radius 2 is 2.06 bits per heavy atom. The summed E-state index contributed by atoms with van der Waals surface area (Å²) in [5.74, 6) is 0.580. The maximum atomic E-state index is 11.4. The minimum absolute atomic E-state index is 0.0421. The second kappa shape index (κ2) is 8.45. The van der Waals surface area contributed by atoms with Gasteiger partial charge in [0, 0.05) is 32.8 Å². The van der Waals surface area contributed by atoms with Gasteiger partial charge >= 0.3 is 0 Å². The van der Waals surface area contributed by atoms with Crippen molar-refractivity contribution in [1.29, 1.82) is 0 Å². The number of methoxy groups -OCH3 is 1. The third kappa shape index (κ3) is 5.80. The lowest BCUT2D eigenvalue weighted by atomic mass is 10.0. The summed E-state index contributed by atoms with van der Waals surface area (Å²) in [6.07, 6.45) is 1.09. The summed E-state index contributed by atoms with van der Waals surface area (Å²) in [6.45, 7) is 8.75. The van der Waals surface area contributed by atoms with E-state index in [-0.39, 0.29) is 12.5 Å². The average molecular weight is 258 g/mol. The number of amides is 1. The highest BCUT2D eigenvalue weighted by Gasteiger charge is 2.22. The van der Waals surface area contributed by atoms with Crippen LogP contribution in [0.1, 0.15) is 20.3 Å². The van der Waals surface area contributed by atoms with E-state index in [1.54, 1.807) is 0 Å². The van der Waals surface area contributed by atoms with Gasteiger partial charge in [-0.05, 0) is 12.3 Å². The molecule has 0 aliphatic carbocycles. The van der Waals surface area contributed by atoms with Crippen molar-refractivity contribution in [3.8, 4) is 0 Å². The molecule has 0 radical (unpaired) electrons. The standard InChI is InChI=1S/C13H26N2O3/c1-11(2)8-12(9-14-13(16)10-17-3)15-4-6-18-7-5-15/h11-12H,4-10H2,1-3H3,(H,14,16)/t12-/m1/s1. The largest absolute Gasteiger partial charge is 0.379 e. The molecular formula is C13H26N2O3. The molecule has 5 heteroatoms. The van der Waals surface area contributed by atoms with Crippen molar-refractivity contribution in [2.45, 2.75) is 26.3 Å². The van der Waals surface area contributed by atoms with Crippen molar-refractivity contribution in [2.75, 3.05) is 46.6 Å². The quantitative estimate of drug-likeness (QED) is 0.722. The molecule has 1 amide bonds. The SMILES string of the molecule is COCC(=O)NC[C@@H](CC(C)C)N1CCOCC1. The summed E-state index contributed by atoms with van der Waals surface area (Å²) in [6, 6.07) is 0.398. The van der Waals surface area contributed by atoms with E-state index in [0.717, 1.165) is 32.7 Å². The molecule has 1 N–H and O–H groups in total. The van der Waals surface area contributed by atoms with E-state index in [9.17, 15) is 4.79 Å². The number of carbonyl (C=O) groups is 1. The molecule has 1 fully saturated rings. The van der Waals surface area contributed by atoms with Crippen LogP contribution in [0.15, 0.2) is 0 Å². The summed E-state index contributed by atoms with van der Waals surface area (Å²) >= 11 is 0. The molecule has 0 aromatic rings. The first-order valence-corrected chi connectivity index (χ1v) is 6.71. The van der Waals surface area contributed by atoms with Gasteiger partial charge in [0.05, 0.1) is 13.2 Å². The van der Waals surface area contributed by atoms with Gasteiger partial charge in [0.2, 0.25) is 5.91 Å². The van der Waals surface area contributed by atoms with Crippen LogP contribution in [-0.4, -0.2) is 63.4 Å². The number of ether oxygens (including phenoxy) is 2. The van der Waals surface area contributed by atoms with Crippen molar-refractivity contribution < 1.29 is 14.3 Å². The molecule has 0 unspecified atom stereocenters. The molecule has 0 saturated carbocycles. The Labute approximate surface area is 110 Å². The number of nitrogens with one attached hydrogen (secondary N) is 1. The molecule has 0 spiro atoms. The second-order valence-electron chi connectivity index (χ2n) is 5.17. The highest BCUT2D eigenvalue weighted by molar-refractivity contribution is 5.77. The number of morpholine rings is 1. The van der Waals surface area contributed by atoms with E-state index in [2.05, 4.69) is 24.1 Å². The second-order valence-corrected chi connectivity index (χ2v) is 5.17. The van der Waals surface area contributed by atoms with E-state index in [4.69, 9.17) is 9.47 Å². The van der Waals surface area contributed by atoms with Crippen molar-refractivity contribution >= 4 is 5.91 Å². The van der Waals surface area contributed by atoms with Gasteiger partial charge in [-0.15, -0.1) is 0 Å². The Morgan fingerprint density at radius 1 is 1.39 bits per heavy atom. The third-order valence-corrected chi connectivity index (χ3v) is 3.12. The zero-order valence-corrected chi connectivity index (χ0v) is 11.8. The monoisotopic (exact) mass is 258 g/mol. The van der Waals surface area contributed by atoms with Gasteiger partial charge in [-0.25, -0.2) is 0 Å². The van der Waals surface area contributed by atoms with Crippen LogP contribution < -0.4 is 5.32 Å². The number of carbonyl (C=O) groups excluding carboxylic acids is 1. The van der Waals surface area contributed by atoms with E-state index in [1.165, 1.54) is 7.11 Å². The smallest absolute Gasteiger partial charge is 0.246 e. The van der Waals surface area contributed by atoms with Gasteiger partial charge < -0.3 is 14.8 Å². The Hall–Kier alpha value is -0.650. The first kappa shape index (κ1) is 15.4. The molecule has 1 saturated heterocycles. The highest BCUT2D eigenvalue weighted by atomic mass is 16.5. The molecule has 1 heterocycles. The number of hydrogen-bond donors (Lipinski definition) is 1. The predicted octanol–water partition coefficient (Wildman–Crippen LogP) is 0.496. The van der Waals surface area contributed by atoms with E-state index in [0.29, 0.717) is 18.5 Å². The fraction of sp³-hybridized carbons (Fsp3) is 0.923. The van der Waals surface area contributed by atoms with Crippen LogP contribution in [0, 0.1) is 5.92 Å². The number of nitrogens with zero attached hydrogens (tertiary/aromatic N) is 1. The molecule has 18 heavy (non-hydrogen) atoms. The van der Waals surface area contributed by atoms with Crippen molar-refractivity contribution in [3.05, 3.63) is 0 Å². The zero-order chi connectivity index (χ0) is 13.4. The van der Waals surface area contributed by atoms with E-state index >= 15 is 0 Å². The van der Waals surface area contributed by atoms with Crippen LogP contribution in [0.3, 0.4) is 0 Å². The van der Waals surface area contributed by atoms with Gasteiger partial charge in [0.15, 0.2) is 0 Å². The summed E-state index contributed by atoms with van der Waals surface area (Å²) < 4.78 is 10.2. The van der Waals surface area contributed by atoms with Crippen LogP contribution in [0.25, 0.3) is 0 Å². The van der Waals surface area contributed by atoms with E-state index in [1.807, 2.05) is 0 Å². The van der Waals surface area contributed by atoms with Gasteiger partial charge in [-0.2, -0.15) is 0 Å². The van der Waals surface area contributed by atoms with Crippen LogP contribution in [0.5, 0.6) is 0 Å². The molecule has 1 aliphatic heterocycles. The van der Waals surface area contributed by atoms with Crippen molar-refractivity contribution in [1.82, 2.24) is 10.2 Å². The lowest BCUT2D eigenvalue weighted by molar-refractivity contribution is -0.125. The molecule has 1 rings (SSSR count). The maximum absolute atomic E-state index is 11.4. The Morgan fingerprint density at radius 3 is 2.61 bits per heavy atom. The first-order chi connectivity index (χ1) is 8.63. The Bertz CT molecular complexity index is 240. The third-order valence-electron chi connectivity index (χ3n) is 3.12. The van der Waals surface area contributed by atoms with Gasteiger partial charge in [-0.3, -0.25) is 9.69 Å². The summed E-state index contributed by atoms with van der Waals surface area (Å²) in [4.78, 5) is 13.9. The minimum atomic E-state index is -0.0421. The van der Waals surface area contributed by atoms with Crippen LogP contribution in [-0.2, 0) is 14.3 Å². The molecule has 106 valence electrons. The molecular weight excluding hydrogens is 232 g/mol. The fourth-order valence-electron chi connectivity index (χ4n) is 2.26. The fourth-order valence-corrected chi connectivity index (χ4v) is 2.26. The van der Waals surface area contributed by atoms with E-state index < -0.39 is 0 Å². The number of rotatable bonds is 7. The van der Waals surface area contributed by atoms with Crippen molar-refractivity contribution in [2.24, 2.45) is 5.92 Å². The summed E-state index contributed by atoms with van der Waals surface area (Å²) in [7, 11) is 1.53. The van der Waals surface area contributed by atoms with Gasteiger partial charge in [0.25, 0.3) is 0 Å². The molecule has 5 nitrogen and oxygen atoms in total. The summed E-state index contributed by atoms with van der Waals surface area (Å²) in [5.41, 5.74) is 0. The zero-order valence-electron chi connectivity index (χ0n) is 11.8. The predicted molar refractivity (Wildman–Crippen MR) is 70.5 cm³/mol. The lowest BCUT2D eigenvalue weighted by Gasteiger charge is -2.35. The molecule has 1 aliphatic rings. The normalized spacial score (nSPS) is 18.9. The topological polar surface area (TPSA) is 50.8 Å². The van der Waals surface area contributed by atoms with Gasteiger partial charge in [-0.1, -0.05) is 13.8 Å². The van der Waals surface area contributed by atoms with Gasteiger partial charge in [0.1, 0.15) is 6.61 Å². The lowest BCUT2D eigenvalue weighted by Crippen LogP contribution is -2.49. The molecule has 0 bridgehead atoms. The maximum Gasteiger partial charge on any atom is 0.246 e. The molecule has 0 aromatic carbocycles. The first-order valence-electron chi connectivity index (χ1n) is 6.71. The minimum Gasteiger partial charge on any atom is -0.379 e. The molecule has 1 atom stereocenters. The summed E-state index contributed by atoms with van der Waals surface area (Å²) in [5, 5.41) is 2.94. The van der Waals surface area contributed by atoms with Crippen LogP contribution >= 0.6 is 0 Å². The Balaban J connectivity index is 2.41. The Kier molecular flexibility index (Phi) is 7.23. The average Bonchev–Trinajstić information content (AvgIpc) is 2.35. The number of hydrogen-bond acceptors (Lipinski definition) is 4. The van der Waals surface area contributed by atoms with Crippen LogP contribution in [0.2, 0.25) is 0 Å². The highest BCUT2D eigenvalue weighted by Crippen LogP contribution is 2.12. The van der Waals surface area contributed by atoms with Crippen molar-refractivity contribution in [3.63, 3.8) is 0 Å². The van der Waals surface area contributed by atoms with Crippen LogP contribution in [0.4, 0.5) is 0 Å². The molecule has 0 aromatic heterocycles.